The zero-order valence-corrected chi connectivity index (χ0v) is 10.2. The first-order chi connectivity index (χ1) is 7.39. The van der Waals surface area contributed by atoms with Gasteiger partial charge in [0.05, 0.1) is 23.9 Å². The Bertz CT molecular complexity index is 500. The monoisotopic (exact) mass is 242 g/mol. The van der Waals surface area contributed by atoms with Crippen LogP contribution in [0.15, 0.2) is 11.1 Å². The van der Waals surface area contributed by atoms with Gasteiger partial charge in [-0.2, -0.15) is 14.7 Å². The van der Waals surface area contributed by atoms with Crippen molar-refractivity contribution in [3.8, 4) is 6.07 Å². The van der Waals surface area contributed by atoms with Crippen molar-refractivity contribution in [3.05, 3.63) is 11.9 Å². The molecule has 0 radical (unpaired) electrons. The Hall–Kier alpha value is -1.39. The van der Waals surface area contributed by atoms with Gasteiger partial charge in [-0.1, -0.05) is 0 Å². The SMILES string of the molecule is Cc1[nH]ncc1S(=O)(=O)N(C)CC(C)C#N. The van der Waals surface area contributed by atoms with Crippen molar-refractivity contribution in [1.82, 2.24) is 14.5 Å². The number of H-pyrrole nitrogens is 1. The first-order valence-corrected chi connectivity index (χ1v) is 6.19. The number of aromatic amines is 1. The molecule has 0 spiro atoms. The van der Waals surface area contributed by atoms with E-state index in [-0.39, 0.29) is 17.4 Å². The van der Waals surface area contributed by atoms with Crippen LogP contribution in [0.3, 0.4) is 0 Å². The molecule has 0 amide bonds. The van der Waals surface area contributed by atoms with Crippen molar-refractivity contribution in [3.63, 3.8) is 0 Å². The molecule has 0 aliphatic heterocycles. The van der Waals surface area contributed by atoms with Crippen molar-refractivity contribution in [2.24, 2.45) is 5.92 Å². The summed E-state index contributed by atoms with van der Waals surface area (Å²) < 4.78 is 25.2. The summed E-state index contributed by atoms with van der Waals surface area (Å²) in [5.41, 5.74) is 0.497. The van der Waals surface area contributed by atoms with Crippen molar-refractivity contribution in [2.75, 3.05) is 13.6 Å². The topological polar surface area (TPSA) is 89.8 Å². The molecule has 1 aromatic heterocycles. The maximum Gasteiger partial charge on any atom is 0.246 e. The maximum absolute atomic E-state index is 12.0. The first-order valence-electron chi connectivity index (χ1n) is 4.75. The number of sulfonamides is 1. The summed E-state index contributed by atoms with van der Waals surface area (Å²) in [5, 5.41) is 14.9. The lowest BCUT2D eigenvalue weighted by molar-refractivity contribution is 0.439. The molecule has 0 fully saturated rings. The summed E-state index contributed by atoms with van der Waals surface area (Å²) in [6.07, 6.45) is 1.28. The van der Waals surface area contributed by atoms with Crippen LogP contribution in [0.2, 0.25) is 0 Å². The zero-order valence-electron chi connectivity index (χ0n) is 9.43. The third kappa shape index (κ3) is 2.40. The maximum atomic E-state index is 12.0. The number of nitrogens with zero attached hydrogens (tertiary/aromatic N) is 3. The summed E-state index contributed by atoms with van der Waals surface area (Å²) >= 11 is 0. The largest absolute Gasteiger partial charge is 0.281 e. The average Bonchev–Trinajstić information content (AvgIpc) is 2.64. The minimum atomic E-state index is -3.54. The van der Waals surface area contributed by atoms with Gasteiger partial charge in [-0.3, -0.25) is 5.10 Å². The average molecular weight is 242 g/mol. The molecule has 0 saturated heterocycles. The summed E-state index contributed by atoms with van der Waals surface area (Å²) in [6.45, 7) is 3.49. The van der Waals surface area contributed by atoms with Gasteiger partial charge in [-0.25, -0.2) is 8.42 Å². The Morgan fingerprint density at radius 3 is 2.75 bits per heavy atom. The Morgan fingerprint density at radius 2 is 2.31 bits per heavy atom. The lowest BCUT2D eigenvalue weighted by Crippen LogP contribution is -2.31. The van der Waals surface area contributed by atoms with E-state index in [2.05, 4.69) is 10.2 Å². The highest BCUT2D eigenvalue weighted by Gasteiger charge is 2.25. The lowest BCUT2D eigenvalue weighted by Gasteiger charge is -2.17. The number of hydrogen-bond acceptors (Lipinski definition) is 4. The van der Waals surface area contributed by atoms with E-state index >= 15 is 0 Å². The van der Waals surface area contributed by atoms with Gasteiger partial charge in [0.25, 0.3) is 0 Å². The minimum absolute atomic E-state index is 0.153. The normalized spacial score (nSPS) is 13.7. The standard InChI is InChI=1S/C9H14N4O2S/c1-7(4-10)6-13(3)16(14,15)9-5-11-12-8(9)2/h5,7H,6H2,1-3H3,(H,11,12). The summed E-state index contributed by atoms with van der Waals surface area (Å²) in [5.74, 6) is -0.341. The highest BCUT2D eigenvalue weighted by Crippen LogP contribution is 2.16. The van der Waals surface area contributed by atoms with Crippen LogP contribution in [0, 0.1) is 24.2 Å². The van der Waals surface area contributed by atoms with Crippen LogP contribution >= 0.6 is 0 Å². The number of rotatable bonds is 4. The lowest BCUT2D eigenvalue weighted by atomic mass is 10.2. The Labute approximate surface area is 94.9 Å². The molecule has 1 atom stereocenters. The second-order valence-electron chi connectivity index (χ2n) is 3.67. The molecular formula is C9H14N4O2S. The zero-order chi connectivity index (χ0) is 12.3. The second-order valence-corrected chi connectivity index (χ2v) is 5.69. The van der Waals surface area contributed by atoms with Gasteiger partial charge in [0, 0.05) is 13.6 Å². The molecule has 6 nitrogen and oxygen atoms in total. The van der Waals surface area contributed by atoms with Crippen LogP contribution in [-0.4, -0.2) is 36.5 Å². The number of hydrogen-bond donors (Lipinski definition) is 1. The molecule has 1 heterocycles. The highest BCUT2D eigenvalue weighted by molar-refractivity contribution is 7.89. The molecule has 0 aliphatic rings. The summed E-state index contributed by atoms with van der Waals surface area (Å²) in [4.78, 5) is 0.153. The van der Waals surface area contributed by atoms with Gasteiger partial charge < -0.3 is 0 Å². The number of nitrogens with one attached hydrogen (secondary N) is 1. The molecule has 0 aliphatic carbocycles. The van der Waals surface area contributed by atoms with Crippen LogP contribution in [0.5, 0.6) is 0 Å². The van der Waals surface area contributed by atoms with E-state index < -0.39 is 10.0 Å². The third-order valence-corrected chi connectivity index (χ3v) is 4.16. The Balaban J connectivity index is 2.96. The van der Waals surface area contributed by atoms with E-state index in [0.717, 1.165) is 0 Å². The Morgan fingerprint density at radius 1 is 1.69 bits per heavy atom. The first kappa shape index (κ1) is 12.7. The van der Waals surface area contributed by atoms with Crippen LogP contribution in [0.25, 0.3) is 0 Å². The van der Waals surface area contributed by atoms with E-state index in [9.17, 15) is 8.42 Å². The fourth-order valence-electron chi connectivity index (χ4n) is 1.29. The highest BCUT2D eigenvalue weighted by atomic mass is 32.2. The van der Waals surface area contributed by atoms with Crippen molar-refractivity contribution >= 4 is 10.0 Å². The van der Waals surface area contributed by atoms with Gasteiger partial charge in [0.15, 0.2) is 0 Å². The van der Waals surface area contributed by atoms with Gasteiger partial charge in [0.1, 0.15) is 4.90 Å². The molecule has 0 saturated carbocycles. The second kappa shape index (κ2) is 4.63. The summed E-state index contributed by atoms with van der Waals surface area (Å²) in [7, 11) is -2.09. The van der Waals surface area contributed by atoms with Crippen molar-refractivity contribution < 1.29 is 8.42 Å². The van der Waals surface area contributed by atoms with Gasteiger partial charge in [-0.05, 0) is 13.8 Å². The fourth-order valence-corrected chi connectivity index (χ4v) is 2.67. The third-order valence-electron chi connectivity index (χ3n) is 2.22. The molecule has 1 aromatic rings. The molecule has 1 rings (SSSR count). The molecule has 1 unspecified atom stereocenters. The minimum Gasteiger partial charge on any atom is -0.281 e. The van der Waals surface area contributed by atoms with Gasteiger partial charge >= 0.3 is 0 Å². The van der Waals surface area contributed by atoms with Crippen LogP contribution in [0.4, 0.5) is 0 Å². The number of nitriles is 1. The van der Waals surface area contributed by atoms with Crippen LogP contribution < -0.4 is 0 Å². The molecular weight excluding hydrogens is 228 g/mol. The summed E-state index contributed by atoms with van der Waals surface area (Å²) in [6, 6.07) is 2.00. The number of aromatic nitrogens is 2. The van der Waals surface area contributed by atoms with Crippen LogP contribution in [-0.2, 0) is 10.0 Å². The fraction of sp³-hybridized carbons (Fsp3) is 0.556. The van der Waals surface area contributed by atoms with E-state index in [4.69, 9.17) is 5.26 Å². The van der Waals surface area contributed by atoms with Gasteiger partial charge in [-0.15, -0.1) is 0 Å². The Kier molecular flexibility index (Phi) is 3.67. The van der Waals surface area contributed by atoms with E-state index in [1.165, 1.54) is 17.5 Å². The number of aryl methyl sites for hydroxylation is 1. The molecule has 7 heteroatoms. The van der Waals surface area contributed by atoms with Crippen molar-refractivity contribution in [1.29, 1.82) is 5.26 Å². The molecule has 88 valence electrons. The van der Waals surface area contributed by atoms with E-state index in [0.29, 0.717) is 5.69 Å². The van der Waals surface area contributed by atoms with E-state index in [1.807, 2.05) is 6.07 Å². The smallest absolute Gasteiger partial charge is 0.246 e. The molecule has 0 bridgehead atoms. The predicted molar refractivity (Wildman–Crippen MR) is 57.9 cm³/mol. The predicted octanol–water partition coefficient (Wildman–Crippen LogP) is 0.498. The molecule has 1 N–H and O–H groups in total. The molecule has 0 aromatic carbocycles. The quantitative estimate of drug-likeness (QED) is 0.832. The van der Waals surface area contributed by atoms with Crippen molar-refractivity contribution in [2.45, 2.75) is 18.7 Å². The molecule has 16 heavy (non-hydrogen) atoms. The van der Waals surface area contributed by atoms with E-state index in [1.54, 1.807) is 13.8 Å². The van der Waals surface area contributed by atoms with Crippen LogP contribution in [0.1, 0.15) is 12.6 Å². The van der Waals surface area contributed by atoms with Gasteiger partial charge in [0.2, 0.25) is 10.0 Å².